The number of ether oxygens (including phenoxy) is 1. The van der Waals surface area contributed by atoms with Crippen LogP contribution in [-0.2, 0) is 6.54 Å². The van der Waals surface area contributed by atoms with E-state index >= 15 is 0 Å². The first kappa shape index (κ1) is 18.7. The number of nitrogens with zero attached hydrogens (tertiary/aromatic N) is 2. The Morgan fingerprint density at radius 3 is 2.66 bits per heavy atom. The fourth-order valence-corrected chi connectivity index (χ4v) is 5.01. The van der Waals surface area contributed by atoms with Gasteiger partial charge in [0.1, 0.15) is 12.4 Å². The number of piperidine rings is 3. The van der Waals surface area contributed by atoms with Crippen LogP contribution in [-0.4, -0.2) is 48.8 Å². The number of likely N-dealkylation sites (N-methyl/N-ethyl adjacent to an activating group) is 1. The predicted molar refractivity (Wildman–Crippen MR) is 121 cm³/mol. The summed E-state index contributed by atoms with van der Waals surface area (Å²) < 4.78 is 8.60. The third-order valence-electron chi connectivity index (χ3n) is 6.81. The molecule has 29 heavy (non-hydrogen) atoms. The van der Waals surface area contributed by atoms with Gasteiger partial charge in [0.15, 0.2) is 0 Å². The van der Waals surface area contributed by atoms with Crippen molar-refractivity contribution in [3.63, 3.8) is 0 Å². The van der Waals surface area contributed by atoms with Crippen LogP contribution < -0.4 is 10.1 Å². The van der Waals surface area contributed by atoms with Crippen LogP contribution >= 0.6 is 0 Å². The maximum Gasteiger partial charge on any atom is 0.121 e. The zero-order chi connectivity index (χ0) is 19.8. The molecule has 6 rings (SSSR count). The number of aromatic nitrogens is 1. The van der Waals surface area contributed by atoms with Gasteiger partial charge in [-0.3, -0.25) is 4.90 Å². The van der Waals surface area contributed by atoms with Crippen LogP contribution in [0.25, 0.3) is 21.8 Å². The smallest absolute Gasteiger partial charge is 0.121 e. The van der Waals surface area contributed by atoms with E-state index in [1.54, 1.807) is 5.57 Å². The molecule has 3 fully saturated rings. The molecule has 0 spiro atoms. The number of benzene rings is 2. The summed E-state index contributed by atoms with van der Waals surface area (Å²) in [4.78, 5) is 2.57. The lowest BCUT2D eigenvalue weighted by molar-refractivity contribution is 0.160. The Morgan fingerprint density at radius 1 is 1.10 bits per heavy atom. The predicted octanol–water partition coefficient (Wildman–Crippen LogP) is 4.43. The maximum atomic E-state index is 6.18. The van der Waals surface area contributed by atoms with Crippen molar-refractivity contribution in [3.8, 4) is 5.75 Å². The van der Waals surface area contributed by atoms with Crippen molar-refractivity contribution >= 4 is 21.8 Å². The summed E-state index contributed by atoms with van der Waals surface area (Å²) in [6.45, 7) is 7.51. The molecule has 0 aliphatic carbocycles. The Bertz CT molecular complexity index is 1040. The molecule has 1 unspecified atom stereocenters. The SMILES string of the molecule is CNC(C)Cn1c2ccccc2c2ccc(OC/C=C3\CN4CCC3CC4)cc21. The maximum absolute atomic E-state index is 6.18. The number of hydrogen-bond acceptors (Lipinski definition) is 3. The fraction of sp³-hybridized carbons (Fsp3) is 0.440. The van der Waals surface area contributed by atoms with Crippen molar-refractivity contribution in [1.29, 1.82) is 0 Å². The first-order chi connectivity index (χ1) is 14.2. The van der Waals surface area contributed by atoms with Gasteiger partial charge < -0.3 is 14.6 Å². The van der Waals surface area contributed by atoms with E-state index in [9.17, 15) is 0 Å². The molecule has 1 N–H and O–H groups in total. The molecule has 3 saturated heterocycles. The van der Waals surface area contributed by atoms with Crippen LogP contribution in [0.1, 0.15) is 19.8 Å². The van der Waals surface area contributed by atoms with E-state index in [0.29, 0.717) is 12.6 Å². The molecule has 4 heterocycles. The second kappa shape index (κ2) is 7.85. The van der Waals surface area contributed by atoms with Crippen molar-refractivity contribution in [2.45, 2.75) is 32.4 Å². The van der Waals surface area contributed by atoms with Crippen molar-refractivity contribution < 1.29 is 4.74 Å². The lowest BCUT2D eigenvalue weighted by Gasteiger charge is -2.41. The van der Waals surface area contributed by atoms with Crippen LogP contribution in [0.3, 0.4) is 0 Å². The highest BCUT2D eigenvalue weighted by Gasteiger charge is 2.29. The lowest BCUT2D eigenvalue weighted by Crippen LogP contribution is -2.43. The topological polar surface area (TPSA) is 29.4 Å². The standard InChI is InChI=1S/C25H31N3O/c1-18(26-2)16-28-24-6-4-3-5-22(24)23-8-7-21(15-25(23)28)29-14-11-20-17-27-12-9-19(20)10-13-27/h3-8,11,15,18-19,26H,9-10,12-14,16-17H2,1-2H3/b20-11+. The highest BCUT2D eigenvalue weighted by molar-refractivity contribution is 6.08. The number of hydrogen-bond donors (Lipinski definition) is 1. The Kier molecular flexibility index (Phi) is 5.06. The second-order valence-electron chi connectivity index (χ2n) is 8.64. The molecule has 152 valence electrons. The van der Waals surface area contributed by atoms with E-state index in [4.69, 9.17) is 4.74 Å². The largest absolute Gasteiger partial charge is 0.489 e. The van der Waals surface area contributed by atoms with Gasteiger partial charge in [-0.1, -0.05) is 23.8 Å². The zero-order valence-electron chi connectivity index (χ0n) is 17.5. The van der Waals surface area contributed by atoms with Crippen LogP contribution in [0.5, 0.6) is 5.75 Å². The first-order valence-electron chi connectivity index (χ1n) is 11.0. The summed E-state index contributed by atoms with van der Waals surface area (Å²) in [5, 5.41) is 5.98. The molecule has 0 radical (unpaired) electrons. The van der Waals surface area contributed by atoms with Crippen LogP contribution in [0.15, 0.2) is 54.1 Å². The Morgan fingerprint density at radius 2 is 1.90 bits per heavy atom. The van der Waals surface area contributed by atoms with E-state index in [1.807, 2.05) is 7.05 Å². The minimum absolute atomic E-state index is 0.403. The number of fused-ring (bicyclic) bond motifs is 6. The summed E-state index contributed by atoms with van der Waals surface area (Å²) in [7, 11) is 2.02. The van der Waals surface area contributed by atoms with E-state index in [-0.39, 0.29) is 0 Å². The van der Waals surface area contributed by atoms with E-state index in [0.717, 1.165) is 24.8 Å². The fourth-order valence-electron chi connectivity index (χ4n) is 5.01. The third-order valence-corrected chi connectivity index (χ3v) is 6.81. The molecule has 1 atom stereocenters. The minimum atomic E-state index is 0.403. The van der Waals surface area contributed by atoms with Gasteiger partial charge in [0.25, 0.3) is 0 Å². The zero-order valence-corrected chi connectivity index (χ0v) is 17.5. The summed E-state index contributed by atoms with van der Waals surface area (Å²) in [6.07, 6.45) is 4.97. The average molecular weight is 390 g/mol. The lowest BCUT2D eigenvalue weighted by atomic mass is 9.84. The highest BCUT2D eigenvalue weighted by atomic mass is 16.5. The molecule has 3 aromatic rings. The summed E-state index contributed by atoms with van der Waals surface area (Å²) in [5.74, 6) is 1.74. The molecule has 0 amide bonds. The van der Waals surface area contributed by atoms with Crippen LogP contribution in [0.2, 0.25) is 0 Å². The number of nitrogens with one attached hydrogen (secondary N) is 1. The van der Waals surface area contributed by atoms with Crippen molar-refractivity contribution in [3.05, 3.63) is 54.1 Å². The van der Waals surface area contributed by atoms with Gasteiger partial charge in [0.2, 0.25) is 0 Å². The monoisotopic (exact) mass is 389 g/mol. The van der Waals surface area contributed by atoms with Gasteiger partial charge in [-0.05, 0) is 70.1 Å². The second-order valence-corrected chi connectivity index (χ2v) is 8.64. The molecule has 2 bridgehead atoms. The highest BCUT2D eigenvalue weighted by Crippen LogP contribution is 2.33. The van der Waals surface area contributed by atoms with Gasteiger partial charge in [-0.2, -0.15) is 0 Å². The quantitative estimate of drug-likeness (QED) is 0.632. The molecular formula is C25H31N3O. The summed E-state index contributed by atoms with van der Waals surface area (Å²) in [5.41, 5.74) is 4.12. The Hall–Kier alpha value is -2.30. The average Bonchev–Trinajstić information content (AvgIpc) is 3.08. The van der Waals surface area contributed by atoms with Gasteiger partial charge >= 0.3 is 0 Å². The molecule has 1 aromatic heterocycles. The summed E-state index contributed by atoms with van der Waals surface area (Å²) >= 11 is 0. The molecule has 3 aliphatic rings. The Balaban J connectivity index is 1.42. The van der Waals surface area contributed by atoms with Gasteiger partial charge in [0.05, 0.1) is 5.52 Å². The van der Waals surface area contributed by atoms with Gasteiger partial charge in [-0.25, -0.2) is 0 Å². The van der Waals surface area contributed by atoms with Crippen molar-refractivity contribution in [2.24, 2.45) is 5.92 Å². The van der Waals surface area contributed by atoms with Gasteiger partial charge in [0, 0.05) is 41.5 Å². The molecule has 4 nitrogen and oxygen atoms in total. The first-order valence-corrected chi connectivity index (χ1v) is 11.0. The van der Waals surface area contributed by atoms with E-state index < -0.39 is 0 Å². The van der Waals surface area contributed by atoms with E-state index in [1.165, 1.54) is 47.7 Å². The Labute approximate surface area is 173 Å². The van der Waals surface area contributed by atoms with Crippen LogP contribution in [0, 0.1) is 5.92 Å². The molecule has 2 aromatic carbocycles. The van der Waals surface area contributed by atoms with Crippen LogP contribution in [0.4, 0.5) is 0 Å². The van der Waals surface area contributed by atoms with Crippen molar-refractivity contribution in [1.82, 2.24) is 14.8 Å². The molecular weight excluding hydrogens is 358 g/mol. The van der Waals surface area contributed by atoms with Gasteiger partial charge in [-0.15, -0.1) is 0 Å². The number of para-hydroxylation sites is 1. The summed E-state index contributed by atoms with van der Waals surface area (Å²) in [6, 6.07) is 15.6. The number of rotatable bonds is 6. The molecule has 0 saturated carbocycles. The minimum Gasteiger partial charge on any atom is -0.489 e. The normalized spacial score (nSPS) is 23.9. The third kappa shape index (κ3) is 3.56. The molecule has 3 aliphatic heterocycles. The van der Waals surface area contributed by atoms with Crippen molar-refractivity contribution in [2.75, 3.05) is 33.3 Å². The van der Waals surface area contributed by atoms with E-state index in [2.05, 4.69) is 70.2 Å². The molecule has 4 heteroatoms.